The molecule has 0 aliphatic carbocycles. The van der Waals surface area contributed by atoms with Gasteiger partial charge in [-0.2, -0.15) is 12.6 Å². The maximum atomic E-state index is 3.82. The van der Waals surface area contributed by atoms with Gasteiger partial charge in [0.15, 0.2) is 0 Å². The first-order valence-electron chi connectivity index (χ1n) is 1.84. The van der Waals surface area contributed by atoms with Crippen molar-refractivity contribution in [3.63, 3.8) is 0 Å². The lowest BCUT2D eigenvalue weighted by Gasteiger charge is -1.62. The van der Waals surface area contributed by atoms with Gasteiger partial charge in [0, 0.05) is 0 Å². The standard InChI is InChI=1S/C5H8S/c1-2-3-4-5-6/h2-6H,1H3/b3-2+,5-4+. The van der Waals surface area contributed by atoms with Crippen molar-refractivity contribution in [1.82, 2.24) is 0 Å². The summed E-state index contributed by atoms with van der Waals surface area (Å²) in [6.45, 7) is 1.97. The molecule has 0 bridgehead atoms. The minimum absolute atomic E-state index is 1.69. The second-order valence-electron chi connectivity index (χ2n) is 0.867. The Morgan fingerprint density at radius 2 is 2.00 bits per heavy atom. The van der Waals surface area contributed by atoms with E-state index in [9.17, 15) is 0 Å². The Balaban J connectivity index is 3.07. The molecular formula is C5H8S. The molecule has 0 saturated heterocycles. The van der Waals surface area contributed by atoms with E-state index in [0.29, 0.717) is 0 Å². The van der Waals surface area contributed by atoms with Crippen molar-refractivity contribution in [3.8, 4) is 0 Å². The molecule has 0 spiro atoms. The molecule has 0 rings (SSSR count). The average molecular weight is 100 g/mol. The van der Waals surface area contributed by atoms with Gasteiger partial charge in [0.05, 0.1) is 0 Å². The molecule has 0 N–H and O–H groups in total. The Morgan fingerprint density at radius 1 is 1.33 bits per heavy atom. The molecule has 0 amide bonds. The Bertz CT molecular complexity index is 52.3. The summed E-state index contributed by atoms with van der Waals surface area (Å²) in [4.78, 5) is 0. The number of rotatable bonds is 1. The topological polar surface area (TPSA) is 0 Å². The predicted octanol–water partition coefficient (Wildman–Crippen LogP) is 2.01. The number of allylic oxidation sites excluding steroid dienone is 3. The zero-order chi connectivity index (χ0) is 4.83. The van der Waals surface area contributed by atoms with Crippen LogP contribution in [0.3, 0.4) is 0 Å². The first-order chi connectivity index (χ1) is 2.91. The lowest BCUT2D eigenvalue weighted by molar-refractivity contribution is 1.74. The van der Waals surface area contributed by atoms with Crippen LogP contribution < -0.4 is 0 Å². The van der Waals surface area contributed by atoms with Gasteiger partial charge in [0.2, 0.25) is 0 Å². The van der Waals surface area contributed by atoms with E-state index in [1.807, 2.05) is 25.2 Å². The maximum Gasteiger partial charge on any atom is -0.0324 e. The van der Waals surface area contributed by atoms with Crippen molar-refractivity contribution < 1.29 is 0 Å². The van der Waals surface area contributed by atoms with Crippen LogP contribution in [-0.2, 0) is 0 Å². The van der Waals surface area contributed by atoms with Crippen LogP contribution in [0.2, 0.25) is 0 Å². The predicted molar refractivity (Wildman–Crippen MR) is 32.9 cm³/mol. The normalized spacial score (nSPS) is 11.7. The number of thiol groups is 1. The van der Waals surface area contributed by atoms with Crippen LogP contribution in [0.25, 0.3) is 0 Å². The van der Waals surface area contributed by atoms with Crippen LogP contribution in [0.4, 0.5) is 0 Å². The van der Waals surface area contributed by atoms with E-state index in [4.69, 9.17) is 0 Å². The Morgan fingerprint density at radius 3 is 2.17 bits per heavy atom. The van der Waals surface area contributed by atoms with Crippen molar-refractivity contribution >= 4 is 12.6 Å². The van der Waals surface area contributed by atoms with Gasteiger partial charge >= 0.3 is 0 Å². The molecule has 0 nitrogen and oxygen atoms in total. The fraction of sp³-hybridized carbons (Fsp3) is 0.200. The van der Waals surface area contributed by atoms with Gasteiger partial charge in [-0.1, -0.05) is 18.2 Å². The molecule has 0 aromatic heterocycles. The van der Waals surface area contributed by atoms with Gasteiger partial charge in [-0.25, -0.2) is 0 Å². The van der Waals surface area contributed by atoms with Gasteiger partial charge in [0.1, 0.15) is 0 Å². The van der Waals surface area contributed by atoms with Crippen LogP contribution in [0.1, 0.15) is 6.92 Å². The lowest BCUT2D eigenvalue weighted by atomic mass is 10.5. The van der Waals surface area contributed by atoms with Crippen molar-refractivity contribution in [2.75, 3.05) is 0 Å². The second-order valence-corrected chi connectivity index (χ2v) is 1.17. The van der Waals surface area contributed by atoms with Gasteiger partial charge < -0.3 is 0 Å². The molecule has 0 aliphatic heterocycles. The Hall–Kier alpha value is -0.170. The van der Waals surface area contributed by atoms with Crippen LogP contribution in [0.15, 0.2) is 23.6 Å². The SMILES string of the molecule is C/C=C/C=C/S. The average Bonchev–Trinajstić information content (AvgIpc) is 1.61. The van der Waals surface area contributed by atoms with Crippen LogP contribution in [-0.4, -0.2) is 0 Å². The Kier molecular flexibility index (Phi) is 4.69. The van der Waals surface area contributed by atoms with E-state index in [1.165, 1.54) is 0 Å². The molecule has 1 heteroatoms. The minimum Gasteiger partial charge on any atom is -0.151 e. The summed E-state index contributed by atoms with van der Waals surface area (Å²) in [5.74, 6) is 0. The summed E-state index contributed by atoms with van der Waals surface area (Å²) in [6.07, 6.45) is 5.74. The highest BCUT2D eigenvalue weighted by Crippen LogP contribution is 1.77. The van der Waals surface area contributed by atoms with Crippen LogP contribution >= 0.6 is 12.6 Å². The molecule has 0 radical (unpaired) electrons. The molecule has 0 aromatic carbocycles. The van der Waals surface area contributed by atoms with Crippen molar-refractivity contribution in [2.24, 2.45) is 0 Å². The van der Waals surface area contributed by atoms with E-state index in [0.717, 1.165) is 0 Å². The molecule has 0 atom stereocenters. The molecule has 0 fully saturated rings. The number of hydrogen-bond acceptors (Lipinski definition) is 1. The van der Waals surface area contributed by atoms with Gasteiger partial charge in [-0.3, -0.25) is 0 Å². The number of hydrogen-bond donors (Lipinski definition) is 1. The molecule has 0 aliphatic rings. The van der Waals surface area contributed by atoms with Crippen molar-refractivity contribution in [2.45, 2.75) is 6.92 Å². The molecule has 0 unspecified atom stereocenters. The summed E-state index contributed by atoms with van der Waals surface area (Å²) in [6, 6.07) is 0. The maximum absolute atomic E-state index is 3.82. The smallest absolute Gasteiger partial charge is 0.0324 e. The zero-order valence-electron chi connectivity index (χ0n) is 3.76. The fourth-order valence-corrected chi connectivity index (χ4v) is 0.260. The van der Waals surface area contributed by atoms with E-state index in [1.54, 1.807) is 5.41 Å². The molecule has 34 valence electrons. The second kappa shape index (κ2) is 4.83. The summed E-state index contributed by atoms with van der Waals surface area (Å²) in [5.41, 5.74) is 0. The summed E-state index contributed by atoms with van der Waals surface area (Å²) in [7, 11) is 0. The third kappa shape index (κ3) is 3.83. The highest BCUT2D eigenvalue weighted by molar-refractivity contribution is 7.83. The molecule has 0 saturated carbocycles. The highest BCUT2D eigenvalue weighted by Gasteiger charge is 1.49. The quantitative estimate of drug-likeness (QED) is 0.378. The van der Waals surface area contributed by atoms with Gasteiger partial charge in [-0.05, 0) is 12.3 Å². The summed E-state index contributed by atoms with van der Waals surface area (Å²) >= 11 is 3.82. The lowest BCUT2D eigenvalue weighted by Crippen LogP contribution is -1.37. The van der Waals surface area contributed by atoms with Gasteiger partial charge in [-0.15, -0.1) is 0 Å². The monoisotopic (exact) mass is 100 g/mol. The molecular weight excluding hydrogens is 92.1 g/mol. The van der Waals surface area contributed by atoms with Crippen molar-refractivity contribution in [1.29, 1.82) is 0 Å². The highest BCUT2D eigenvalue weighted by atomic mass is 32.1. The van der Waals surface area contributed by atoms with Crippen LogP contribution in [0, 0.1) is 0 Å². The fourth-order valence-electron chi connectivity index (χ4n) is 0.161. The van der Waals surface area contributed by atoms with E-state index >= 15 is 0 Å². The Labute approximate surface area is 44.0 Å². The van der Waals surface area contributed by atoms with E-state index < -0.39 is 0 Å². The first-order valence-corrected chi connectivity index (χ1v) is 2.35. The largest absolute Gasteiger partial charge is 0.151 e. The third-order valence-electron chi connectivity index (χ3n) is 0.390. The minimum atomic E-state index is 1.69. The molecule has 0 heterocycles. The third-order valence-corrected chi connectivity index (χ3v) is 0.562. The molecule has 0 aromatic rings. The van der Waals surface area contributed by atoms with Gasteiger partial charge in [0.25, 0.3) is 0 Å². The summed E-state index contributed by atoms with van der Waals surface area (Å²) < 4.78 is 0. The van der Waals surface area contributed by atoms with Crippen molar-refractivity contribution in [3.05, 3.63) is 23.6 Å². The van der Waals surface area contributed by atoms with E-state index in [-0.39, 0.29) is 0 Å². The molecule has 6 heavy (non-hydrogen) atoms. The van der Waals surface area contributed by atoms with E-state index in [2.05, 4.69) is 12.6 Å². The zero-order valence-corrected chi connectivity index (χ0v) is 4.65. The first kappa shape index (κ1) is 5.83. The van der Waals surface area contributed by atoms with Crippen LogP contribution in [0.5, 0.6) is 0 Å². The summed E-state index contributed by atoms with van der Waals surface area (Å²) in [5, 5.41) is 1.69.